The molecule has 1 heterocycles. The molecule has 0 radical (unpaired) electrons. The first-order valence-corrected chi connectivity index (χ1v) is 8.01. The van der Waals surface area contributed by atoms with Crippen LogP contribution in [-0.2, 0) is 0 Å². The molecule has 1 aromatic carbocycles. The van der Waals surface area contributed by atoms with E-state index in [1.165, 1.54) is 31.4 Å². The first-order valence-electron chi connectivity index (χ1n) is 8.01. The molecule has 1 aliphatic carbocycles. The summed E-state index contributed by atoms with van der Waals surface area (Å²) < 4.78 is 11.3. The van der Waals surface area contributed by atoms with Crippen LogP contribution in [0.1, 0.15) is 30.9 Å². The average molecular weight is 290 g/mol. The maximum atomic E-state index is 5.69. The minimum Gasteiger partial charge on any atom is -0.486 e. The fourth-order valence-corrected chi connectivity index (χ4v) is 3.14. The fourth-order valence-electron chi connectivity index (χ4n) is 3.14. The van der Waals surface area contributed by atoms with Gasteiger partial charge in [0.15, 0.2) is 11.5 Å². The Kier molecular flexibility index (Phi) is 4.66. The summed E-state index contributed by atoms with van der Waals surface area (Å²) in [5.41, 5.74) is 1.27. The third kappa shape index (κ3) is 3.50. The molecule has 0 bridgehead atoms. The quantitative estimate of drug-likeness (QED) is 0.872. The Morgan fingerprint density at radius 2 is 2.00 bits per heavy atom. The SMILES string of the molecule is CNC(CN(C)CC1CCC1)c1ccc2c(c1)OCCO2. The van der Waals surface area contributed by atoms with Crippen LogP contribution in [0.5, 0.6) is 11.5 Å². The van der Waals surface area contributed by atoms with Gasteiger partial charge in [-0.05, 0) is 50.6 Å². The van der Waals surface area contributed by atoms with E-state index in [2.05, 4.69) is 29.4 Å². The second-order valence-corrected chi connectivity index (χ2v) is 6.26. The Morgan fingerprint density at radius 3 is 2.67 bits per heavy atom. The molecule has 1 N–H and O–H groups in total. The summed E-state index contributed by atoms with van der Waals surface area (Å²) in [6.45, 7) is 3.52. The molecule has 3 rings (SSSR count). The largest absolute Gasteiger partial charge is 0.486 e. The highest BCUT2D eigenvalue weighted by atomic mass is 16.6. The molecule has 1 atom stereocenters. The van der Waals surface area contributed by atoms with Crippen LogP contribution in [0.15, 0.2) is 18.2 Å². The molecule has 21 heavy (non-hydrogen) atoms. The molecule has 1 saturated carbocycles. The van der Waals surface area contributed by atoms with E-state index in [1.807, 2.05) is 13.1 Å². The lowest BCUT2D eigenvalue weighted by molar-refractivity contribution is 0.170. The predicted molar refractivity (Wildman–Crippen MR) is 84.1 cm³/mol. The minimum atomic E-state index is 0.325. The molecular weight excluding hydrogens is 264 g/mol. The van der Waals surface area contributed by atoms with Crippen molar-refractivity contribution >= 4 is 0 Å². The number of likely N-dealkylation sites (N-methyl/N-ethyl adjacent to an activating group) is 2. The molecule has 4 nitrogen and oxygen atoms in total. The maximum absolute atomic E-state index is 5.69. The lowest BCUT2D eigenvalue weighted by atomic mass is 9.85. The van der Waals surface area contributed by atoms with Crippen LogP contribution in [-0.4, -0.2) is 45.3 Å². The van der Waals surface area contributed by atoms with Gasteiger partial charge in [-0.3, -0.25) is 0 Å². The molecule has 4 heteroatoms. The zero-order chi connectivity index (χ0) is 14.7. The summed E-state index contributed by atoms with van der Waals surface area (Å²) in [7, 11) is 4.25. The van der Waals surface area contributed by atoms with Gasteiger partial charge in [-0.25, -0.2) is 0 Å². The summed E-state index contributed by atoms with van der Waals surface area (Å²) >= 11 is 0. The number of hydrogen-bond acceptors (Lipinski definition) is 4. The Morgan fingerprint density at radius 1 is 1.24 bits per heavy atom. The van der Waals surface area contributed by atoms with E-state index in [1.54, 1.807) is 0 Å². The van der Waals surface area contributed by atoms with Gasteiger partial charge in [0.1, 0.15) is 13.2 Å². The van der Waals surface area contributed by atoms with Crippen molar-refractivity contribution in [3.63, 3.8) is 0 Å². The van der Waals surface area contributed by atoms with E-state index < -0.39 is 0 Å². The number of hydrogen-bond donors (Lipinski definition) is 1. The zero-order valence-corrected chi connectivity index (χ0v) is 13.1. The molecular formula is C17H26N2O2. The molecule has 1 aliphatic heterocycles. The Labute approximate surface area is 127 Å². The van der Waals surface area contributed by atoms with E-state index in [0.29, 0.717) is 19.3 Å². The molecule has 1 unspecified atom stereocenters. The molecule has 1 fully saturated rings. The van der Waals surface area contributed by atoms with E-state index in [-0.39, 0.29) is 0 Å². The van der Waals surface area contributed by atoms with Crippen molar-refractivity contribution in [2.24, 2.45) is 5.92 Å². The molecule has 0 saturated heterocycles. The summed E-state index contributed by atoms with van der Waals surface area (Å²) in [6, 6.07) is 6.62. The second-order valence-electron chi connectivity index (χ2n) is 6.26. The van der Waals surface area contributed by atoms with Crippen molar-refractivity contribution in [2.45, 2.75) is 25.3 Å². The lowest BCUT2D eigenvalue weighted by Crippen LogP contribution is -2.36. The first kappa shape index (κ1) is 14.7. The lowest BCUT2D eigenvalue weighted by Gasteiger charge is -2.32. The van der Waals surface area contributed by atoms with Gasteiger partial charge in [0, 0.05) is 19.1 Å². The molecule has 0 amide bonds. The van der Waals surface area contributed by atoms with Crippen LogP contribution in [0.3, 0.4) is 0 Å². The van der Waals surface area contributed by atoms with Crippen LogP contribution in [0.25, 0.3) is 0 Å². The van der Waals surface area contributed by atoms with Crippen LogP contribution in [0, 0.1) is 5.92 Å². The smallest absolute Gasteiger partial charge is 0.161 e. The van der Waals surface area contributed by atoms with Gasteiger partial charge in [0.2, 0.25) is 0 Å². The number of fused-ring (bicyclic) bond motifs is 1. The average Bonchev–Trinajstić information content (AvgIpc) is 2.48. The fraction of sp³-hybridized carbons (Fsp3) is 0.647. The monoisotopic (exact) mass is 290 g/mol. The molecule has 0 spiro atoms. The van der Waals surface area contributed by atoms with Crippen molar-refractivity contribution in [1.29, 1.82) is 0 Å². The number of nitrogens with one attached hydrogen (secondary N) is 1. The number of nitrogens with zero attached hydrogens (tertiary/aromatic N) is 1. The van der Waals surface area contributed by atoms with Crippen LogP contribution in [0.4, 0.5) is 0 Å². The predicted octanol–water partition coefficient (Wildman–Crippen LogP) is 2.45. The molecule has 116 valence electrons. The van der Waals surface area contributed by atoms with Crippen molar-refractivity contribution < 1.29 is 9.47 Å². The van der Waals surface area contributed by atoms with Crippen molar-refractivity contribution in [2.75, 3.05) is 40.4 Å². The van der Waals surface area contributed by atoms with E-state index in [0.717, 1.165) is 24.0 Å². The summed E-state index contributed by atoms with van der Waals surface area (Å²) in [4.78, 5) is 2.45. The number of rotatable bonds is 6. The van der Waals surface area contributed by atoms with Crippen LogP contribution in [0.2, 0.25) is 0 Å². The summed E-state index contributed by atoms with van der Waals surface area (Å²) in [5.74, 6) is 2.65. The molecule has 1 aromatic rings. The summed E-state index contributed by atoms with van der Waals surface area (Å²) in [5, 5.41) is 3.43. The van der Waals surface area contributed by atoms with Gasteiger partial charge >= 0.3 is 0 Å². The third-order valence-electron chi connectivity index (χ3n) is 4.61. The van der Waals surface area contributed by atoms with Gasteiger partial charge in [-0.15, -0.1) is 0 Å². The Hall–Kier alpha value is -1.26. The van der Waals surface area contributed by atoms with Crippen molar-refractivity contribution in [3.05, 3.63) is 23.8 Å². The van der Waals surface area contributed by atoms with Crippen molar-refractivity contribution in [1.82, 2.24) is 10.2 Å². The highest BCUT2D eigenvalue weighted by Gasteiger charge is 2.21. The van der Waals surface area contributed by atoms with Gasteiger partial charge in [0.25, 0.3) is 0 Å². The third-order valence-corrected chi connectivity index (χ3v) is 4.61. The second kappa shape index (κ2) is 6.67. The molecule has 2 aliphatic rings. The minimum absolute atomic E-state index is 0.325. The van der Waals surface area contributed by atoms with E-state index in [4.69, 9.17) is 9.47 Å². The van der Waals surface area contributed by atoms with Crippen LogP contribution >= 0.6 is 0 Å². The van der Waals surface area contributed by atoms with Gasteiger partial charge in [-0.2, -0.15) is 0 Å². The highest BCUT2D eigenvalue weighted by molar-refractivity contribution is 5.44. The normalized spacial score (nSPS) is 19.4. The maximum Gasteiger partial charge on any atom is 0.161 e. The highest BCUT2D eigenvalue weighted by Crippen LogP contribution is 2.33. The van der Waals surface area contributed by atoms with Gasteiger partial charge < -0.3 is 19.7 Å². The zero-order valence-electron chi connectivity index (χ0n) is 13.1. The van der Waals surface area contributed by atoms with E-state index >= 15 is 0 Å². The first-order chi connectivity index (χ1) is 10.3. The standard InChI is InChI=1S/C17H26N2O2/c1-18-15(12-19(2)11-13-4-3-5-13)14-6-7-16-17(10-14)21-9-8-20-16/h6-7,10,13,15,18H,3-5,8-9,11-12H2,1-2H3. The number of ether oxygens (including phenoxy) is 2. The van der Waals surface area contributed by atoms with Crippen molar-refractivity contribution in [3.8, 4) is 11.5 Å². The van der Waals surface area contributed by atoms with Gasteiger partial charge in [0.05, 0.1) is 0 Å². The number of benzene rings is 1. The van der Waals surface area contributed by atoms with E-state index in [9.17, 15) is 0 Å². The van der Waals surface area contributed by atoms with Gasteiger partial charge in [-0.1, -0.05) is 12.5 Å². The molecule has 0 aromatic heterocycles. The van der Waals surface area contributed by atoms with Crippen LogP contribution < -0.4 is 14.8 Å². The summed E-state index contributed by atoms with van der Waals surface area (Å²) in [6.07, 6.45) is 4.22. The topological polar surface area (TPSA) is 33.7 Å². The Balaban J connectivity index is 1.64. The Bertz CT molecular complexity index is 474.